The summed E-state index contributed by atoms with van der Waals surface area (Å²) in [6.45, 7) is 2.04. The topological polar surface area (TPSA) is 72.5 Å². The van der Waals surface area contributed by atoms with Gasteiger partial charge in [0.05, 0.1) is 0 Å². The van der Waals surface area contributed by atoms with E-state index in [2.05, 4.69) is 5.48 Å². The van der Waals surface area contributed by atoms with E-state index in [0.717, 1.165) is 19.3 Å². The number of hydrogen-bond donors (Lipinski definition) is 1. The smallest absolute Gasteiger partial charge is 0.332 e. The molecule has 5 nitrogen and oxygen atoms in total. The Morgan fingerprint density at radius 1 is 0.840 bits per heavy atom. The lowest BCUT2D eigenvalue weighted by atomic mass is 10.0. The standard InChI is InChI=1S/C20H21NO4/c1-2-3-5-10-18(22)25-21-20(24)17-13-11-16(12-14-17)19(23)15-8-6-4-7-9-15/h4,6-9,11-14H,2-3,5,10H2,1H3,(H,21,24). The van der Waals surface area contributed by atoms with E-state index in [9.17, 15) is 14.4 Å². The average Bonchev–Trinajstić information content (AvgIpc) is 2.66. The Hall–Kier alpha value is -2.95. The van der Waals surface area contributed by atoms with E-state index in [1.807, 2.05) is 13.0 Å². The zero-order valence-corrected chi connectivity index (χ0v) is 14.2. The van der Waals surface area contributed by atoms with Crippen molar-refractivity contribution in [2.45, 2.75) is 32.6 Å². The van der Waals surface area contributed by atoms with Crippen molar-refractivity contribution in [3.8, 4) is 0 Å². The van der Waals surface area contributed by atoms with Crippen LogP contribution in [0.25, 0.3) is 0 Å². The van der Waals surface area contributed by atoms with Crippen LogP contribution in [0.1, 0.15) is 58.9 Å². The minimum absolute atomic E-state index is 0.116. The van der Waals surface area contributed by atoms with E-state index in [1.54, 1.807) is 36.4 Å². The van der Waals surface area contributed by atoms with Gasteiger partial charge in [-0.05, 0) is 18.6 Å². The lowest BCUT2D eigenvalue weighted by molar-refractivity contribution is -0.149. The van der Waals surface area contributed by atoms with Crippen molar-refractivity contribution < 1.29 is 19.2 Å². The number of rotatable bonds is 7. The zero-order chi connectivity index (χ0) is 18.1. The first kappa shape index (κ1) is 18.4. The van der Waals surface area contributed by atoms with Gasteiger partial charge in [0.25, 0.3) is 5.91 Å². The molecule has 2 aromatic rings. The first-order valence-electron chi connectivity index (χ1n) is 8.31. The number of carbonyl (C=O) groups excluding carboxylic acids is 3. The van der Waals surface area contributed by atoms with E-state index in [0.29, 0.717) is 16.7 Å². The Morgan fingerprint density at radius 2 is 1.44 bits per heavy atom. The molecule has 0 fully saturated rings. The number of benzene rings is 2. The maximum Gasteiger partial charge on any atom is 0.332 e. The van der Waals surface area contributed by atoms with Crippen molar-refractivity contribution >= 4 is 17.7 Å². The van der Waals surface area contributed by atoms with Gasteiger partial charge in [0, 0.05) is 23.1 Å². The number of carbonyl (C=O) groups is 3. The second-order valence-corrected chi connectivity index (χ2v) is 5.63. The maximum absolute atomic E-state index is 12.3. The summed E-state index contributed by atoms with van der Waals surface area (Å²) in [7, 11) is 0. The van der Waals surface area contributed by atoms with Crippen LogP contribution in [0.3, 0.4) is 0 Å². The molecule has 2 rings (SSSR count). The summed E-state index contributed by atoms with van der Waals surface area (Å²) in [5.74, 6) is -1.10. The molecule has 0 atom stereocenters. The molecule has 0 aliphatic heterocycles. The highest BCUT2D eigenvalue weighted by Gasteiger charge is 2.12. The number of ketones is 1. The normalized spacial score (nSPS) is 10.1. The van der Waals surface area contributed by atoms with E-state index in [4.69, 9.17) is 4.84 Å². The second kappa shape index (κ2) is 9.37. The summed E-state index contributed by atoms with van der Waals surface area (Å²) in [6, 6.07) is 15.1. The van der Waals surface area contributed by atoms with Gasteiger partial charge < -0.3 is 4.84 Å². The molecular formula is C20H21NO4. The van der Waals surface area contributed by atoms with Gasteiger partial charge in [-0.2, -0.15) is 5.48 Å². The highest BCUT2D eigenvalue weighted by atomic mass is 16.7. The third-order valence-corrected chi connectivity index (χ3v) is 3.69. The Balaban J connectivity index is 1.90. The predicted molar refractivity (Wildman–Crippen MR) is 94.0 cm³/mol. The van der Waals surface area contributed by atoms with Crippen LogP contribution in [-0.4, -0.2) is 17.7 Å². The molecule has 0 heterocycles. The van der Waals surface area contributed by atoms with Crippen LogP contribution >= 0.6 is 0 Å². The van der Waals surface area contributed by atoms with Crippen molar-refractivity contribution in [3.05, 3.63) is 71.3 Å². The summed E-state index contributed by atoms with van der Waals surface area (Å²) in [5.41, 5.74) is 3.51. The fourth-order valence-electron chi connectivity index (χ4n) is 2.26. The van der Waals surface area contributed by atoms with Crippen LogP contribution in [0.2, 0.25) is 0 Å². The molecule has 0 saturated heterocycles. The monoisotopic (exact) mass is 339 g/mol. The van der Waals surface area contributed by atoms with Crippen molar-refractivity contribution in [1.29, 1.82) is 0 Å². The van der Waals surface area contributed by atoms with Gasteiger partial charge in [0.2, 0.25) is 0 Å². The minimum atomic E-state index is -0.525. The van der Waals surface area contributed by atoms with Crippen LogP contribution in [0.5, 0.6) is 0 Å². The SMILES string of the molecule is CCCCCC(=O)ONC(=O)c1ccc(C(=O)c2ccccc2)cc1. The number of hydrogen-bond acceptors (Lipinski definition) is 4. The van der Waals surface area contributed by atoms with Crippen molar-refractivity contribution in [3.63, 3.8) is 0 Å². The van der Waals surface area contributed by atoms with E-state index in [-0.39, 0.29) is 12.2 Å². The molecule has 0 aliphatic carbocycles. The molecule has 0 radical (unpaired) electrons. The number of amides is 1. The van der Waals surface area contributed by atoms with Gasteiger partial charge in [-0.1, -0.05) is 62.2 Å². The summed E-state index contributed by atoms with van der Waals surface area (Å²) in [6.07, 6.45) is 2.97. The van der Waals surface area contributed by atoms with Crippen molar-refractivity contribution in [2.75, 3.05) is 0 Å². The highest BCUT2D eigenvalue weighted by molar-refractivity contribution is 6.09. The van der Waals surface area contributed by atoms with Crippen LogP contribution in [0.4, 0.5) is 0 Å². The van der Waals surface area contributed by atoms with Gasteiger partial charge in [-0.3, -0.25) is 9.59 Å². The van der Waals surface area contributed by atoms with Crippen molar-refractivity contribution in [2.24, 2.45) is 0 Å². The number of hydroxylamine groups is 1. The Labute approximate surface area is 147 Å². The molecule has 0 aliphatic rings. The van der Waals surface area contributed by atoms with E-state index in [1.165, 1.54) is 12.1 Å². The lowest BCUT2D eigenvalue weighted by Gasteiger charge is -2.06. The fourth-order valence-corrected chi connectivity index (χ4v) is 2.26. The third-order valence-electron chi connectivity index (χ3n) is 3.69. The lowest BCUT2D eigenvalue weighted by Crippen LogP contribution is -2.27. The zero-order valence-electron chi connectivity index (χ0n) is 14.2. The summed E-state index contributed by atoms with van der Waals surface area (Å²) in [4.78, 5) is 40.5. The van der Waals surface area contributed by atoms with E-state index >= 15 is 0 Å². The second-order valence-electron chi connectivity index (χ2n) is 5.63. The van der Waals surface area contributed by atoms with Crippen LogP contribution < -0.4 is 5.48 Å². The largest absolute Gasteiger partial charge is 0.341 e. The number of nitrogens with one attached hydrogen (secondary N) is 1. The van der Waals surface area contributed by atoms with Gasteiger partial charge in [-0.25, -0.2) is 4.79 Å². The molecule has 0 bridgehead atoms. The molecule has 2 aromatic carbocycles. The van der Waals surface area contributed by atoms with Crippen molar-refractivity contribution in [1.82, 2.24) is 5.48 Å². The molecule has 1 amide bonds. The average molecular weight is 339 g/mol. The Kier molecular flexibility index (Phi) is 6.89. The molecule has 0 saturated carbocycles. The Morgan fingerprint density at radius 3 is 2.08 bits per heavy atom. The van der Waals surface area contributed by atoms with E-state index < -0.39 is 11.9 Å². The Bertz CT molecular complexity index is 723. The van der Waals surface area contributed by atoms with Gasteiger partial charge in [-0.15, -0.1) is 0 Å². The third kappa shape index (κ3) is 5.57. The van der Waals surface area contributed by atoms with Crippen LogP contribution in [0, 0.1) is 0 Å². The summed E-state index contributed by atoms with van der Waals surface area (Å²) < 4.78 is 0. The molecule has 5 heteroatoms. The number of unbranched alkanes of at least 4 members (excludes halogenated alkanes) is 2. The quantitative estimate of drug-likeness (QED) is 0.474. The molecule has 130 valence electrons. The maximum atomic E-state index is 12.3. The van der Waals surface area contributed by atoms with Crippen LogP contribution in [-0.2, 0) is 9.63 Å². The first-order valence-corrected chi connectivity index (χ1v) is 8.31. The minimum Gasteiger partial charge on any atom is -0.341 e. The predicted octanol–water partition coefficient (Wildman–Crippen LogP) is 3.69. The fraction of sp³-hybridized carbons (Fsp3) is 0.250. The molecule has 25 heavy (non-hydrogen) atoms. The highest BCUT2D eigenvalue weighted by Crippen LogP contribution is 2.11. The van der Waals surface area contributed by atoms with Crippen LogP contribution in [0.15, 0.2) is 54.6 Å². The van der Waals surface area contributed by atoms with Gasteiger partial charge >= 0.3 is 5.97 Å². The first-order chi connectivity index (χ1) is 12.1. The summed E-state index contributed by atoms with van der Waals surface area (Å²) >= 11 is 0. The molecule has 0 aromatic heterocycles. The molecular weight excluding hydrogens is 318 g/mol. The van der Waals surface area contributed by atoms with Gasteiger partial charge in [0.15, 0.2) is 5.78 Å². The van der Waals surface area contributed by atoms with Gasteiger partial charge in [0.1, 0.15) is 0 Å². The molecule has 0 spiro atoms. The molecule has 1 N–H and O–H groups in total. The molecule has 0 unspecified atom stereocenters. The summed E-state index contributed by atoms with van der Waals surface area (Å²) in [5, 5.41) is 0.